The van der Waals surface area contributed by atoms with Gasteiger partial charge >= 0.3 is 0 Å². The van der Waals surface area contributed by atoms with Gasteiger partial charge in [0.15, 0.2) is 5.78 Å². The summed E-state index contributed by atoms with van der Waals surface area (Å²) in [5, 5.41) is 5.76. The van der Waals surface area contributed by atoms with Crippen molar-refractivity contribution in [3.63, 3.8) is 0 Å². The maximum absolute atomic E-state index is 11.3. The Bertz CT molecular complexity index is 421. The highest BCUT2D eigenvalue weighted by molar-refractivity contribution is 7.12. The first-order chi connectivity index (χ1) is 8.70. The van der Waals surface area contributed by atoms with Gasteiger partial charge in [-0.25, -0.2) is 0 Å². The minimum absolute atomic E-state index is 0.184. The minimum atomic E-state index is 0.184. The molecule has 1 aromatic heterocycles. The van der Waals surface area contributed by atoms with Gasteiger partial charge in [0.25, 0.3) is 0 Å². The molecule has 0 unspecified atom stereocenters. The predicted octanol–water partition coefficient (Wildman–Crippen LogP) is 2.13. The molecular formula is C14H20N2OS. The van der Waals surface area contributed by atoms with Crippen LogP contribution in [0.4, 0.5) is 0 Å². The SMILES string of the molecule is CC(=O)c1cc(CN2C[C@H]3CC[C@@H](C2)NC3)cs1. The van der Waals surface area contributed by atoms with Gasteiger partial charge in [-0.05, 0) is 49.2 Å². The van der Waals surface area contributed by atoms with Crippen LogP contribution in [0, 0.1) is 5.92 Å². The van der Waals surface area contributed by atoms with Gasteiger partial charge in [0.2, 0.25) is 0 Å². The van der Waals surface area contributed by atoms with Gasteiger partial charge in [0.05, 0.1) is 4.88 Å². The summed E-state index contributed by atoms with van der Waals surface area (Å²) in [6.45, 7) is 6.18. The molecule has 98 valence electrons. The first-order valence-corrected chi connectivity index (χ1v) is 7.63. The Hall–Kier alpha value is -0.710. The summed E-state index contributed by atoms with van der Waals surface area (Å²) in [4.78, 5) is 14.7. The second-order valence-corrected chi connectivity index (χ2v) is 6.53. The third-order valence-corrected chi connectivity index (χ3v) is 5.10. The second kappa shape index (κ2) is 5.11. The summed E-state index contributed by atoms with van der Waals surface area (Å²) in [7, 11) is 0. The summed E-state index contributed by atoms with van der Waals surface area (Å²) in [6, 6.07) is 2.74. The topological polar surface area (TPSA) is 32.3 Å². The number of piperidine rings is 1. The Morgan fingerprint density at radius 3 is 3.06 bits per heavy atom. The number of ketones is 1. The molecule has 3 saturated heterocycles. The third kappa shape index (κ3) is 2.66. The molecule has 4 rings (SSSR count). The number of fused-ring (bicyclic) bond motifs is 4. The molecule has 4 heteroatoms. The first kappa shape index (κ1) is 12.3. The maximum atomic E-state index is 11.3. The summed E-state index contributed by atoms with van der Waals surface area (Å²) in [5.74, 6) is 0.999. The molecule has 0 aliphatic carbocycles. The average Bonchev–Trinajstić information content (AvgIpc) is 2.63. The fourth-order valence-electron chi connectivity index (χ4n) is 3.07. The molecule has 2 bridgehead atoms. The fourth-order valence-corrected chi connectivity index (χ4v) is 3.87. The Morgan fingerprint density at radius 1 is 1.50 bits per heavy atom. The van der Waals surface area contributed by atoms with Crippen LogP contribution in [0.5, 0.6) is 0 Å². The number of thiophene rings is 1. The van der Waals surface area contributed by atoms with Crippen LogP contribution in [0.15, 0.2) is 11.4 Å². The number of Topliss-reactive ketones (excluding diaryl/α,β-unsaturated/α-hetero) is 1. The number of rotatable bonds is 3. The van der Waals surface area contributed by atoms with E-state index in [1.807, 2.05) is 0 Å². The van der Waals surface area contributed by atoms with Gasteiger partial charge in [-0.2, -0.15) is 0 Å². The van der Waals surface area contributed by atoms with Gasteiger partial charge in [-0.3, -0.25) is 9.69 Å². The Labute approximate surface area is 112 Å². The lowest BCUT2D eigenvalue weighted by molar-refractivity contribution is 0.102. The van der Waals surface area contributed by atoms with E-state index in [-0.39, 0.29) is 5.78 Å². The van der Waals surface area contributed by atoms with Crippen molar-refractivity contribution in [3.8, 4) is 0 Å². The molecule has 2 atom stereocenters. The smallest absolute Gasteiger partial charge is 0.169 e. The Kier molecular flexibility index (Phi) is 3.50. The van der Waals surface area contributed by atoms with Crippen LogP contribution >= 0.6 is 11.3 Å². The zero-order valence-corrected chi connectivity index (χ0v) is 11.6. The highest BCUT2D eigenvalue weighted by Gasteiger charge is 2.28. The lowest BCUT2D eigenvalue weighted by atomic mass is 9.97. The Balaban J connectivity index is 1.66. The molecule has 3 nitrogen and oxygen atoms in total. The number of hydrogen-bond donors (Lipinski definition) is 1. The monoisotopic (exact) mass is 264 g/mol. The van der Waals surface area contributed by atoms with Gasteiger partial charge in [-0.1, -0.05) is 0 Å². The summed E-state index contributed by atoms with van der Waals surface area (Å²) < 4.78 is 0. The standard InChI is InChI=1S/C14H20N2OS/c1-10(17)14-4-12(9-18-14)7-16-6-11-2-3-13(8-16)15-5-11/h4,9,11,13,15H,2-3,5-8H2,1H3/t11-,13-/m0/s1. The fraction of sp³-hybridized carbons (Fsp3) is 0.643. The van der Waals surface area contributed by atoms with Crippen molar-refractivity contribution in [1.29, 1.82) is 0 Å². The average molecular weight is 264 g/mol. The molecule has 0 saturated carbocycles. The summed E-state index contributed by atoms with van der Waals surface area (Å²) >= 11 is 1.58. The van der Waals surface area contributed by atoms with E-state index in [9.17, 15) is 4.79 Å². The van der Waals surface area contributed by atoms with E-state index in [2.05, 4.69) is 21.7 Å². The normalized spacial score (nSPS) is 28.3. The van der Waals surface area contributed by atoms with E-state index >= 15 is 0 Å². The number of nitrogens with one attached hydrogen (secondary N) is 1. The molecular weight excluding hydrogens is 244 g/mol. The van der Waals surface area contributed by atoms with Crippen molar-refractivity contribution in [2.75, 3.05) is 19.6 Å². The number of carbonyl (C=O) groups excluding carboxylic acids is 1. The molecule has 3 aliphatic heterocycles. The quantitative estimate of drug-likeness (QED) is 0.849. The minimum Gasteiger partial charge on any atom is -0.312 e. The van der Waals surface area contributed by atoms with Crippen molar-refractivity contribution >= 4 is 17.1 Å². The lowest BCUT2D eigenvalue weighted by Crippen LogP contribution is -2.39. The van der Waals surface area contributed by atoms with Crippen LogP contribution in [-0.4, -0.2) is 36.4 Å². The Morgan fingerprint density at radius 2 is 2.39 bits per heavy atom. The number of carbonyl (C=O) groups is 1. The molecule has 1 N–H and O–H groups in total. The van der Waals surface area contributed by atoms with Crippen molar-refractivity contribution in [3.05, 3.63) is 21.9 Å². The molecule has 3 aliphatic rings. The highest BCUT2D eigenvalue weighted by Crippen LogP contribution is 2.24. The predicted molar refractivity (Wildman–Crippen MR) is 74.1 cm³/mol. The first-order valence-electron chi connectivity index (χ1n) is 6.75. The molecule has 4 heterocycles. The lowest BCUT2D eigenvalue weighted by Gasteiger charge is -2.23. The van der Waals surface area contributed by atoms with Gasteiger partial charge in [-0.15, -0.1) is 11.3 Å². The van der Waals surface area contributed by atoms with Crippen LogP contribution < -0.4 is 5.32 Å². The summed E-state index contributed by atoms with van der Waals surface area (Å²) in [5.41, 5.74) is 1.30. The van der Waals surface area contributed by atoms with Crippen LogP contribution in [0.3, 0.4) is 0 Å². The van der Waals surface area contributed by atoms with Crippen LogP contribution in [0.25, 0.3) is 0 Å². The van der Waals surface area contributed by atoms with E-state index in [0.29, 0.717) is 6.04 Å². The van der Waals surface area contributed by atoms with E-state index in [0.717, 1.165) is 23.9 Å². The molecule has 0 aromatic carbocycles. The summed E-state index contributed by atoms with van der Waals surface area (Å²) in [6.07, 6.45) is 2.69. The zero-order valence-electron chi connectivity index (χ0n) is 10.8. The molecule has 1 aromatic rings. The van der Waals surface area contributed by atoms with Crippen molar-refractivity contribution in [1.82, 2.24) is 10.2 Å². The van der Waals surface area contributed by atoms with E-state index < -0.39 is 0 Å². The molecule has 0 radical (unpaired) electrons. The molecule has 0 spiro atoms. The second-order valence-electron chi connectivity index (χ2n) is 5.62. The van der Waals surface area contributed by atoms with Gasteiger partial charge in [0, 0.05) is 25.7 Å². The van der Waals surface area contributed by atoms with Crippen LogP contribution in [0.2, 0.25) is 0 Å². The number of hydrogen-bond acceptors (Lipinski definition) is 4. The molecule has 0 amide bonds. The van der Waals surface area contributed by atoms with Crippen LogP contribution in [0.1, 0.15) is 35.0 Å². The van der Waals surface area contributed by atoms with E-state index in [1.165, 1.54) is 31.5 Å². The third-order valence-electron chi connectivity index (χ3n) is 4.02. The van der Waals surface area contributed by atoms with Crippen molar-refractivity contribution < 1.29 is 4.79 Å². The van der Waals surface area contributed by atoms with Gasteiger partial charge < -0.3 is 5.32 Å². The van der Waals surface area contributed by atoms with Crippen LogP contribution in [-0.2, 0) is 6.54 Å². The van der Waals surface area contributed by atoms with E-state index in [1.54, 1.807) is 18.3 Å². The zero-order chi connectivity index (χ0) is 12.5. The van der Waals surface area contributed by atoms with Crippen molar-refractivity contribution in [2.24, 2.45) is 5.92 Å². The van der Waals surface area contributed by atoms with E-state index in [4.69, 9.17) is 0 Å². The maximum Gasteiger partial charge on any atom is 0.169 e. The largest absolute Gasteiger partial charge is 0.312 e. The highest BCUT2D eigenvalue weighted by atomic mass is 32.1. The number of nitrogens with zero attached hydrogens (tertiary/aromatic N) is 1. The molecule has 18 heavy (non-hydrogen) atoms. The molecule has 3 fully saturated rings. The van der Waals surface area contributed by atoms with Gasteiger partial charge in [0.1, 0.15) is 0 Å². The van der Waals surface area contributed by atoms with Crippen molar-refractivity contribution in [2.45, 2.75) is 32.4 Å².